The van der Waals surface area contributed by atoms with E-state index in [1.54, 1.807) is 37.5 Å². The predicted octanol–water partition coefficient (Wildman–Crippen LogP) is 2.19. The summed E-state index contributed by atoms with van der Waals surface area (Å²) < 4.78 is 30.3. The van der Waals surface area contributed by atoms with Gasteiger partial charge in [0.1, 0.15) is 16.3 Å². The Morgan fingerprint density at radius 1 is 0.962 bits per heavy atom. The van der Waals surface area contributed by atoms with Gasteiger partial charge in [0.25, 0.3) is 0 Å². The third-order valence-electron chi connectivity index (χ3n) is 3.53. The normalized spacial score (nSPS) is 11.3. The molecule has 0 aliphatic carbocycles. The van der Waals surface area contributed by atoms with Crippen molar-refractivity contribution in [2.24, 2.45) is 0 Å². The van der Waals surface area contributed by atoms with E-state index >= 15 is 0 Å². The predicted molar refractivity (Wildman–Crippen MR) is 95.2 cm³/mol. The van der Waals surface area contributed by atoms with E-state index in [1.165, 1.54) is 12.4 Å². The summed E-state index contributed by atoms with van der Waals surface area (Å²) in [4.78, 5) is 21.0. The van der Waals surface area contributed by atoms with Crippen molar-refractivity contribution in [3.05, 3.63) is 43.0 Å². The number of hydrogen-bond acceptors (Lipinski definition) is 8. The molecule has 0 amide bonds. The third kappa shape index (κ3) is 3.67. The average Bonchev–Trinajstić information content (AvgIpc) is 2.69. The van der Waals surface area contributed by atoms with E-state index in [4.69, 9.17) is 4.74 Å². The molecule has 0 bridgehead atoms. The molecule has 0 unspecified atom stereocenters. The van der Waals surface area contributed by atoms with Crippen LogP contribution in [0, 0.1) is 0 Å². The lowest BCUT2D eigenvalue weighted by Gasteiger charge is -2.10. The zero-order valence-corrected chi connectivity index (χ0v) is 15.1. The van der Waals surface area contributed by atoms with Crippen LogP contribution >= 0.6 is 0 Å². The molecule has 0 radical (unpaired) electrons. The van der Waals surface area contributed by atoms with Crippen molar-refractivity contribution >= 4 is 9.84 Å². The molecule has 0 spiro atoms. The molecule has 0 aliphatic heterocycles. The number of rotatable bonds is 6. The summed E-state index contributed by atoms with van der Waals surface area (Å²) in [5.74, 6) is 1.06. The van der Waals surface area contributed by atoms with Crippen LogP contribution in [0.1, 0.15) is 13.8 Å². The fourth-order valence-electron chi connectivity index (χ4n) is 2.23. The van der Waals surface area contributed by atoms with Gasteiger partial charge in [0, 0.05) is 12.4 Å². The molecule has 8 nitrogen and oxygen atoms in total. The van der Waals surface area contributed by atoms with E-state index in [9.17, 15) is 8.42 Å². The van der Waals surface area contributed by atoms with Gasteiger partial charge in [-0.1, -0.05) is 6.92 Å². The molecule has 9 heteroatoms. The lowest BCUT2D eigenvalue weighted by Crippen LogP contribution is -2.09. The maximum atomic E-state index is 12.4. The number of nitrogens with zero attached hydrogens (tertiary/aromatic N) is 5. The number of sulfone groups is 1. The Labute approximate surface area is 151 Å². The first-order valence-electron chi connectivity index (χ1n) is 8.01. The number of pyridine rings is 1. The van der Waals surface area contributed by atoms with Crippen LogP contribution in [-0.4, -0.2) is 45.7 Å². The molecule has 0 N–H and O–H groups in total. The Hall–Kier alpha value is -2.94. The molecule has 0 atom stereocenters. The molecule has 26 heavy (non-hydrogen) atoms. The zero-order chi connectivity index (χ0) is 18.6. The second-order valence-electron chi connectivity index (χ2n) is 5.19. The maximum Gasteiger partial charge on any atom is 0.198 e. The van der Waals surface area contributed by atoms with Crippen LogP contribution in [0.15, 0.2) is 47.9 Å². The van der Waals surface area contributed by atoms with Crippen LogP contribution in [-0.2, 0) is 9.84 Å². The minimum Gasteiger partial charge on any atom is -0.492 e. The van der Waals surface area contributed by atoms with Gasteiger partial charge < -0.3 is 4.74 Å². The smallest absolute Gasteiger partial charge is 0.198 e. The standard InChI is InChI=1S/C17H17N5O3S/c1-3-25-12-6-7-13(20-10-12)15-14(26(23,24)4-2)11-21-17(22-15)16-18-8-5-9-19-16/h5-11H,3-4H2,1-2H3. The minimum atomic E-state index is -3.53. The van der Waals surface area contributed by atoms with E-state index in [0.717, 1.165) is 0 Å². The summed E-state index contributed by atoms with van der Waals surface area (Å²) in [5.41, 5.74) is 0.618. The molecule has 3 rings (SSSR count). The Morgan fingerprint density at radius 3 is 2.35 bits per heavy atom. The minimum absolute atomic E-state index is 0.0244. The highest BCUT2D eigenvalue weighted by Gasteiger charge is 2.22. The van der Waals surface area contributed by atoms with Crippen LogP contribution in [0.2, 0.25) is 0 Å². The molecule has 3 aromatic rings. The highest BCUT2D eigenvalue weighted by molar-refractivity contribution is 7.91. The number of ether oxygens (including phenoxy) is 1. The summed E-state index contributed by atoms with van der Waals surface area (Å²) in [6, 6.07) is 5.06. The van der Waals surface area contributed by atoms with Crippen molar-refractivity contribution in [3.63, 3.8) is 0 Å². The average molecular weight is 371 g/mol. The molecular formula is C17H17N5O3S. The topological polar surface area (TPSA) is 108 Å². The second-order valence-corrected chi connectivity index (χ2v) is 7.44. The van der Waals surface area contributed by atoms with E-state index in [1.807, 2.05) is 6.92 Å². The molecule has 3 heterocycles. The third-order valence-corrected chi connectivity index (χ3v) is 5.25. The van der Waals surface area contributed by atoms with Crippen LogP contribution in [0.3, 0.4) is 0 Å². The fraction of sp³-hybridized carbons (Fsp3) is 0.235. The largest absolute Gasteiger partial charge is 0.492 e. The van der Waals surface area contributed by atoms with E-state index < -0.39 is 9.84 Å². The van der Waals surface area contributed by atoms with Crippen LogP contribution in [0.25, 0.3) is 23.0 Å². The molecule has 3 aromatic heterocycles. The Kier molecular flexibility index (Phi) is 5.17. The van der Waals surface area contributed by atoms with Gasteiger partial charge in [-0.25, -0.2) is 28.4 Å². The van der Waals surface area contributed by atoms with E-state index in [0.29, 0.717) is 23.9 Å². The Balaban J connectivity index is 2.16. The maximum absolute atomic E-state index is 12.4. The van der Waals surface area contributed by atoms with Gasteiger partial charge >= 0.3 is 0 Å². The van der Waals surface area contributed by atoms with Gasteiger partial charge in [-0.05, 0) is 25.1 Å². The monoisotopic (exact) mass is 371 g/mol. The Bertz CT molecular complexity index is 993. The van der Waals surface area contributed by atoms with Crippen LogP contribution in [0.4, 0.5) is 0 Å². The molecule has 134 valence electrons. The Morgan fingerprint density at radius 2 is 1.73 bits per heavy atom. The molecular weight excluding hydrogens is 354 g/mol. The highest BCUT2D eigenvalue weighted by atomic mass is 32.2. The quantitative estimate of drug-likeness (QED) is 0.649. The first-order chi connectivity index (χ1) is 12.5. The second kappa shape index (κ2) is 7.52. The van der Waals surface area contributed by atoms with Crippen LogP contribution in [0.5, 0.6) is 5.75 Å². The van der Waals surface area contributed by atoms with Crippen molar-refractivity contribution in [1.29, 1.82) is 0 Å². The molecule has 0 aliphatic rings. The molecule has 0 fully saturated rings. The summed E-state index contributed by atoms with van der Waals surface area (Å²) in [7, 11) is -3.53. The van der Waals surface area contributed by atoms with Gasteiger partial charge in [0.15, 0.2) is 21.5 Å². The van der Waals surface area contributed by atoms with Crippen molar-refractivity contribution in [3.8, 4) is 28.8 Å². The summed E-state index contributed by atoms with van der Waals surface area (Å²) in [6.45, 7) is 3.95. The van der Waals surface area contributed by atoms with E-state index in [-0.39, 0.29) is 22.2 Å². The van der Waals surface area contributed by atoms with Gasteiger partial charge in [-0.3, -0.25) is 4.98 Å². The van der Waals surface area contributed by atoms with Crippen molar-refractivity contribution in [2.75, 3.05) is 12.4 Å². The lowest BCUT2D eigenvalue weighted by atomic mass is 10.2. The molecule has 0 saturated heterocycles. The first kappa shape index (κ1) is 17.9. The summed E-state index contributed by atoms with van der Waals surface area (Å²) >= 11 is 0. The molecule has 0 saturated carbocycles. The van der Waals surface area contributed by atoms with Gasteiger partial charge in [0.05, 0.1) is 30.4 Å². The van der Waals surface area contributed by atoms with Crippen molar-refractivity contribution < 1.29 is 13.2 Å². The molecule has 0 aromatic carbocycles. The lowest BCUT2D eigenvalue weighted by molar-refractivity contribution is 0.339. The van der Waals surface area contributed by atoms with Crippen molar-refractivity contribution in [2.45, 2.75) is 18.7 Å². The summed E-state index contributed by atoms with van der Waals surface area (Å²) in [5, 5.41) is 0. The number of hydrogen-bond donors (Lipinski definition) is 0. The van der Waals surface area contributed by atoms with Gasteiger partial charge in [-0.15, -0.1) is 0 Å². The number of aromatic nitrogens is 5. The SMILES string of the molecule is CCOc1ccc(-c2nc(-c3ncccn3)ncc2S(=O)(=O)CC)nc1. The highest BCUT2D eigenvalue weighted by Crippen LogP contribution is 2.27. The zero-order valence-electron chi connectivity index (χ0n) is 14.3. The first-order valence-corrected chi connectivity index (χ1v) is 9.66. The van der Waals surface area contributed by atoms with E-state index in [2.05, 4.69) is 24.9 Å². The van der Waals surface area contributed by atoms with Gasteiger partial charge in [0.2, 0.25) is 0 Å². The summed E-state index contributed by atoms with van der Waals surface area (Å²) in [6.07, 6.45) is 5.95. The van der Waals surface area contributed by atoms with Crippen LogP contribution < -0.4 is 4.74 Å². The fourth-order valence-corrected chi connectivity index (χ4v) is 3.20. The van der Waals surface area contributed by atoms with Gasteiger partial charge in [-0.2, -0.15) is 0 Å². The van der Waals surface area contributed by atoms with Crippen molar-refractivity contribution in [1.82, 2.24) is 24.9 Å².